The Labute approximate surface area is 196 Å². The summed E-state index contributed by atoms with van der Waals surface area (Å²) in [6.07, 6.45) is -2.85. The SMILES string of the molecule is CCN(C(=O)C(C)NC(=O)c1cccc(C(F)(F)F)c1)c1c(C(C)C)cnn1-c1ccccc1. The number of amides is 2. The van der Waals surface area contributed by atoms with Gasteiger partial charge in [-0.15, -0.1) is 0 Å². The summed E-state index contributed by atoms with van der Waals surface area (Å²) in [5.74, 6) is -0.496. The van der Waals surface area contributed by atoms with Gasteiger partial charge in [0.1, 0.15) is 11.9 Å². The molecule has 1 atom stereocenters. The number of hydrogen-bond acceptors (Lipinski definition) is 3. The van der Waals surface area contributed by atoms with Gasteiger partial charge in [0.2, 0.25) is 5.91 Å². The van der Waals surface area contributed by atoms with Crippen molar-refractivity contribution in [1.29, 1.82) is 0 Å². The molecular formula is C25H27F3N4O2. The molecule has 0 fully saturated rings. The van der Waals surface area contributed by atoms with Crippen LogP contribution in [0.25, 0.3) is 5.69 Å². The molecule has 180 valence electrons. The molecule has 1 N–H and O–H groups in total. The fourth-order valence-corrected chi connectivity index (χ4v) is 3.61. The van der Waals surface area contributed by atoms with Gasteiger partial charge in [0.15, 0.2) is 0 Å². The van der Waals surface area contributed by atoms with E-state index in [1.165, 1.54) is 17.9 Å². The number of hydrogen-bond donors (Lipinski definition) is 1. The topological polar surface area (TPSA) is 67.2 Å². The van der Waals surface area contributed by atoms with Crippen molar-refractivity contribution in [3.8, 4) is 5.69 Å². The zero-order chi connectivity index (χ0) is 25.0. The number of halogens is 3. The number of rotatable bonds is 7. The van der Waals surface area contributed by atoms with Crippen molar-refractivity contribution >= 4 is 17.6 Å². The second-order valence-electron chi connectivity index (χ2n) is 8.18. The third-order valence-electron chi connectivity index (χ3n) is 5.40. The summed E-state index contributed by atoms with van der Waals surface area (Å²) in [6, 6.07) is 12.5. The number of benzene rings is 2. The normalized spacial score (nSPS) is 12.5. The van der Waals surface area contributed by atoms with Crippen LogP contribution in [0.5, 0.6) is 0 Å². The van der Waals surface area contributed by atoms with Crippen LogP contribution in [0.2, 0.25) is 0 Å². The van der Waals surface area contributed by atoms with Gasteiger partial charge in [-0.3, -0.25) is 14.5 Å². The summed E-state index contributed by atoms with van der Waals surface area (Å²) in [5, 5.41) is 7.02. The minimum Gasteiger partial charge on any atom is -0.341 e. The van der Waals surface area contributed by atoms with Crippen LogP contribution in [0.3, 0.4) is 0 Å². The zero-order valence-electron chi connectivity index (χ0n) is 19.4. The van der Waals surface area contributed by atoms with Gasteiger partial charge < -0.3 is 5.32 Å². The smallest absolute Gasteiger partial charge is 0.341 e. The van der Waals surface area contributed by atoms with E-state index >= 15 is 0 Å². The van der Waals surface area contributed by atoms with Gasteiger partial charge in [0, 0.05) is 17.7 Å². The number of carbonyl (C=O) groups excluding carboxylic acids is 2. The van der Waals surface area contributed by atoms with Crippen molar-refractivity contribution < 1.29 is 22.8 Å². The molecule has 1 heterocycles. The highest BCUT2D eigenvalue weighted by Gasteiger charge is 2.32. The average Bonchev–Trinajstić information content (AvgIpc) is 3.24. The summed E-state index contributed by atoms with van der Waals surface area (Å²) < 4.78 is 40.7. The quantitative estimate of drug-likeness (QED) is 0.515. The number of alkyl halides is 3. The minimum absolute atomic E-state index is 0.0734. The lowest BCUT2D eigenvalue weighted by atomic mass is 10.1. The molecule has 0 radical (unpaired) electrons. The summed E-state index contributed by atoms with van der Waals surface area (Å²) in [4.78, 5) is 27.6. The molecule has 2 amide bonds. The molecule has 1 aromatic heterocycles. The maximum absolute atomic E-state index is 13.4. The lowest BCUT2D eigenvalue weighted by Gasteiger charge is -2.27. The minimum atomic E-state index is -4.57. The molecule has 34 heavy (non-hydrogen) atoms. The Morgan fingerprint density at radius 1 is 1.06 bits per heavy atom. The third kappa shape index (κ3) is 5.30. The highest BCUT2D eigenvalue weighted by molar-refractivity contribution is 6.02. The van der Waals surface area contributed by atoms with Crippen molar-refractivity contribution in [3.05, 3.63) is 77.5 Å². The van der Waals surface area contributed by atoms with Crippen molar-refractivity contribution in [2.24, 2.45) is 0 Å². The van der Waals surface area contributed by atoms with E-state index in [2.05, 4.69) is 10.4 Å². The Balaban J connectivity index is 1.89. The van der Waals surface area contributed by atoms with Crippen molar-refractivity contribution in [2.75, 3.05) is 11.4 Å². The van der Waals surface area contributed by atoms with Crippen molar-refractivity contribution in [3.63, 3.8) is 0 Å². The van der Waals surface area contributed by atoms with Crippen LogP contribution in [0.15, 0.2) is 60.8 Å². The third-order valence-corrected chi connectivity index (χ3v) is 5.40. The molecule has 0 aliphatic rings. The number of anilines is 1. The van der Waals surface area contributed by atoms with Gasteiger partial charge in [0.25, 0.3) is 5.91 Å². The Morgan fingerprint density at radius 3 is 2.32 bits per heavy atom. The second-order valence-corrected chi connectivity index (χ2v) is 8.18. The van der Waals surface area contributed by atoms with Crippen LogP contribution < -0.4 is 10.2 Å². The number of carbonyl (C=O) groups is 2. The molecule has 0 spiro atoms. The van der Waals surface area contributed by atoms with Crippen LogP contribution >= 0.6 is 0 Å². The summed E-state index contributed by atoms with van der Waals surface area (Å²) >= 11 is 0. The number of para-hydroxylation sites is 1. The molecule has 9 heteroatoms. The molecule has 0 bridgehead atoms. The van der Waals surface area contributed by atoms with Crippen LogP contribution in [-0.2, 0) is 11.0 Å². The first-order valence-corrected chi connectivity index (χ1v) is 11.0. The summed E-state index contributed by atoms with van der Waals surface area (Å²) in [6.45, 7) is 7.61. The first-order valence-electron chi connectivity index (χ1n) is 11.0. The van der Waals surface area contributed by atoms with E-state index in [0.29, 0.717) is 12.4 Å². The lowest BCUT2D eigenvalue weighted by Crippen LogP contribution is -2.48. The van der Waals surface area contributed by atoms with Gasteiger partial charge >= 0.3 is 6.18 Å². The standard InChI is InChI=1S/C25H27F3N4O2/c1-5-31(23-21(16(2)3)15-29-32(23)20-12-7-6-8-13-20)24(34)17(4)30-22(33)18-10-9-11-19(14-18)25(26,27)28/h6-17H,5H2,1-4H3,(H,30,33). The number of aromatic nitrogens is 2. The molecule has 0 saturated heterocycles. The molecule has 0 aliphatic heterocycles. The fourth-order valence-electron chi connectivity index (χ4n) is 3.61. The van der Waals surface area contributed by atoms with Crippen LogP contribution in [0, 0.1) is 0 Å². The van der Waals surface area contributed by atoms with E-state index in [1.54, 1.807) is 10.9 Å². The maximum atomic E-state index is 13.4. The van der Waals surface area contributed by atoms with Crippen molar-refractivity contribution in [1.82, 2.24) is 15.1 Å². The highest BCUT2D eigenvalue weighted by Crippen LogP contribution is 2.31. The predicted octanol–water partition coefficient (Wildman–Crippen LogP) is 5.19. The monoisotopic (exact) mass is 472 g/mol. The highest BCUT2D eigenvalue weighted by atomic mass is 19.4. The fraction of sp³-hybridized carbons (Fsp3) is 0.320. The van der Waals surface area contributed by atoms with E-state index in [4.69, 9.17) is 0 Å². The number of likely N-dealkylation sites (N-methyl/N-ethyl adjacent to an activating group) is 1. The molecule has 0 saturated carbocycles. The van der Waals surface area contributed by atoms with Crippen LogP contribution in [0.4, 0.5) is 19.0 Å². The maximum Gasteiger partial charge on any atom is 0.416 e. The first-order chi connectivity index (χ1) is 16.0. The second kappa shape index (κ2) is 10.1. The lowest BCUT2D eigenvalue weighted by molar-refractivity contribution is -0.137. The Kier molecular flexibility index (Phi) is 7.44. The molecular weight excluding hydrogens is 445 g/mol. The Bertz CT molecular complexity index is 1160. The Morgan fingerprint density at radius 2 is 1.74 bits per heavy atom. The number of nitrogens with one attached hydrogen (secondary N) is 1. The van der Waals surface area contributed by atoms with Gasteiger partial charge in [-0.2, -0.15) is 18.3 Å². The molecule has 0 aliphatic carbocycles. The molecule has 1 unspecified atom stereocenters. The van der Waals surface area contributed by atoms with Gasteiger partial charge in [-0.05, 0) is 50.1 Å². The molecule has 3 aromatic rings. The summed E-state index contributed by atoms with van der Waals surface area (Å²) in [7, 11) is 0. The Hall–Kier alpha value is -3.62. The van der Waals surface area contributed by atoms with Gasteiger partial charge in [0.05, 0.1) is 17.4 Å². The van der Waals surface area contributed by atoms with E-state index in [1.807, 2.05) is 51.1 Å². The molecule has 3 rings (SSSR count). The largest absolute Gasteiger partial charge is 0.416 e. The van der Waals surface area contributed by atoms with Gasteiger partial charge in [-0.25, -0.2) is 4.68 Å². The average molecular weight is 473 g/mol. The zero-order valence-corrected chi connectivity index (χ0v) is 19.4. The molecule has 2 aromatic carbocycles. The van der Waals surface area contributed by atoms with Crippen LogP contribution in [0.1, 0.15) is 55.1 Å². The van der Waals surface area contributed by atoms with Crippen molar-refractivity contribution in [2.45, 2.75) is 45.8 Å². The summed E-state index contributed by atoms with van der Waals surface area (Å²) in [5.41, 5.74) is 0.532. The first kappa shape index (κ1) is 25.0. The molecule has 6 nitrogen and oxygen atoms in total. The number of nitrogens with zero attached hydrogens (tertiary/aromatic N) is 3. The van der Waals surface area contributed by atoms with E-state index in [0.717, 1.165) is 29.4 Å². The van der Waals surface area contributed by atoms with E-state index in [9.17, 15) is 22.8 Å². The van der Waals surface area contributed by atoms with E-state index in [-0.39, 0.29) is 11.5 Å². The van der Waals surface area contributed by atoms with Crippen LogP contribution in [-0.4, -0.2) is 34.2 Å². The van der Waals surface area contributed by atoms with E-state index < -0.39 is 29.6 Å². The van der Waals surface area contributed by atoms with Gasteiger partial charge in [-0.1, -0.05) is 38.1 Å². The predicted molar refractivity (Wildman–Crippen MR) is 124 cm³/mol.